The zero-order chi connectivity index (χ0) is 29.2. The molecule has 0 bridgehead atoms. The normalized spacial score (nSPS) is 33.9. The molecule has 0 radical (unpaired) electrons. The third kappa shape index (κ3) is 6.89. The van der Waals surface area contributed by atoms with Gasteiger partial charge in [0.1, 0.15) is 23.7 Å². The van der Waals surface area contributed by atoms with E-state index in [1.54, 1.807) is 4.90 Å². The van der Waals surface area contributed by atoms with E-state index in [0.717, 1.165) is 57.8 Å². The van der Waals surface area contributed by atoms with E-state index in [9.17, 15) is 27.6 Å². The Bertz CT molecular complexity index is 1160. The van der Waals surface area contributed by atoms with E-state index in [4.69, 9.17) is 4.74 Å². The molecule has 3 saturated carbocycles. The summed E-state index contributed by atoms with van der Waals surface area (Å²) in [6.45, 7) is 2.38. The van der Waals surface area contributed by atoms with Crippen molar-refractivity contribution >= 4 is 33.8 Å². The van der Waals surface area contributed by atoms with Crippen LogP contribution in [0.2, 0.25) is 0 Å². The lowest BCUT2D eigenvalue weighted by molar-refractivity contribution is -0.141. The SMILES string of the molecule is CC[C@@H]1C[C@H]2C(=O)N[C@]3(C(=O)NS(=O)(=O)C4CC4)C[C@H]3/C=C\CCCCC[C@H](NC(=O)OC3CCCC3)C(=O)N2C1. The fourth-order valence-electron chi connectivity index (χ4n) is 6.52. The van der Waals surface area contributed by atoms with Crippen LogP contribution in [0.4, 0.5) is 4.79 Å². The number of nitrogens with zero attached hydrogens (tertiary/aromatic N) is 1. The van der Waals surface area contributed by atoms with Crippen LogP contribution in [-0.2, 0) is 29.1 Å². The highest BCUT2D eigenvalue weighted by atomic mass is 32.2. The number of hydrogen-bond donors (Lipinski definition) is 3. The van der Waals surface area contributed by atoms with Crippen molar-refractivity contribution in [3.8, 4) is 0 Å². The molecule has 2 aliphatic heterocycles. The van der Waals surface area contributed by atoms with Gasteiger partial charge in [-0.2, -0.15) is 0 Å². The molecule has 228 valence electrons. The summed E-state index contributed by atoms with van der Waals surface area (Å²) in [4.78, 5) is 55.4. The van der Waals surface area contributed by atoms with Gasteiger partial charge in [-0.3, -0.25) is 19.1 Å². The summed E-state index contributed by atoms with van der Waals surface area (Å²) in [5.41, 5.74) is -1.36. The summed E-state index contributed by atoms with van der Waals surface area (Å²) in [6.07, 6.45) is 13.0. The average Bonchev–Trinajstić information content (AvgIpc) is 3.80. The standard InChI is InChI=1S/C29H44N4O7S/c1-2-19-16-24-25(34)31-29(27(36)32-41(38,39)22-14-15-22)17-20(29)10-6-4-3-5-7-13-23(26(35)33(24)18-19)30-28(37)40-21-11-8-9-12-21/h6,10,19-24H,2-5,7-9,11-18H2,1H3,(H,30,37)(H,31,34)(H,32,36)/b10-6-/t19-,20-,23+,24+,29-/m1/s1. The lowest BCUT2D eigenvalue weighted by atomic mass is 10.0. The zero-order valence-electron chi connectivity index (χ0n) is 23.9. The number of fused-ring (bicyclic) bond motifs is 2. The molecule has 5 aliphatic rings. The smallest absolute Gasteiger partial charge is 0.408 e. The van der Waals surface area contributed by atoms with Crippen molar-refractivity contribution in [3.05, 3.63) is 12.2 Å². The summed E-state index contributed by atoms with van der Waals surface area (Å²) in [7, 11) is -3.79. The molecule has 0 aromatic rings. The molecule has 41 heavy (non-hydrogen) atoms. The second kappa shape index (κ2) is 12.3. The van der Waals surface area contributed by atoms with Gasteiger partial charge in [-0.15, -0.1) is 0 Å². The van der Waals surface area contributed by atoms with Gasteiger partial charge in [0.15, 0.2) is 0 Å². The van der Waals surface area contributed by atoms with E-state index < -0.39 is 50.8 Å². The third-order valence-corrected chi connectivity index (χ3v) is 11.2. The largest absolute Gasteiger partial charge is 0.446 e. The molecule has 2 heterocycles. The Morgan fingerprint density at radius 3 is 2.51 bits per heavy atom. The van der Waals surface area contributed by atoms with Gasteiger partial charge in [0, 0.05) is 12.5 Å². The maximum absolute atomic E-state index is 13.9. The van der Waals surface area contributed by atoms with Crippen molar-refractivity contribution in [1.29, 1.82) is 0 Å². The Morgan fingerprint density at radius 2 is 1.80 bits per heavy atom. The molecular formula is C29H44N4O7S. The molecular weight excluding hydrogens is 548 g/mol. The molecule has 0 unspecified atom stereocenters. The topological polar surface area (TPSA) is 151 Å². The number of alkyl carbamates (subject to hydrolysis) is 1. The monoisotopic (exact) mass is 592 g/mol. The number of sulfonamides is 1. The first-order valence-electron chi connectivity index (χ1n) is 15.5. The van der Waals surface area contributed by atoms with E-state index in [1.165, 1.54) is 0 Å². The van der Waals surface area contributed by atoms with Crippen LogP contribution >= 0.6 is 0 Å². The Morgan fingerprint density at radius 1 is 1.07 bits per heavy atom. The van der Waals surface area contributed by atoms with Crippen molar-refractivity contribution in [1.82, 2.24) is 20.3 Å². The summed E-state index contributed by atoms with van der Waals surface area (Å²) in [5, 5.41) is 5.13. The molecule has 1 saturated heterocycles. The van der Waals surface area contributed by atoms with Crippen molar-refractivity contribution in [2.24, 2.45) is 11.8 Å². The summed E-state index contributed by atoms with van der Waals surface area (Å²) < 4.78 is 32.9. The van der Waals surface area contributed by atoms with Crippen LogP contribution in [0.1, 0.15) is 96.8 Å². The molecule has 3 aliphatic carbocycles. The molecule has 0 spiro atoms. The number of carbonyl (C=O) groups is 4. The van der Waals surface area contributed by atoms with Crippen LogP contribution in [0.25, 0.3) is 0 Å². The lowest BCUT2D eigenvalue weighted by Gasteiger charge is -2.30. The molecule has 4 amide bonds. The Hall–Kier alpha value is -2.63. The Balaban J connectivity index is 1.36. The first kappa shape index (κ1) is 29.8. The first-order chi connectivity index (χ1) is 19.6. The molecule has 12 heteroatoms. The lowest BCUT2D eigenvalue weighted by Crippen LogP contribution is -2.58. The quantitative estimate of drug-likeness (QED) is 0.401. The van der Waals surface area contributed by atoms with Gasteiger partial charge in [0.2, 0.25) is 21.8 Å². The minimum atomic E-state index is -3.79. The van der Waals surface area contributed by atoms with Gasteiger partial charge in [0.05, 0.1) is 5.25 Å². The average molecular weight is 593 g/mol. The number of rotatable bonds is 6. The van der Waals surface area contributed by atoms with E-state index in [0.29, 0.717) is 38.6 Å². The van der Waals surface area contributed by atoms with Crippen LogP contribution in [0.5, 0.6) is 0 Å². The number of carbonyl (C=O) groups excluding carboxylic acids is 4. The van der Waals surface area contributed by atoms with E-state index in [-0.39, 0.29) is 23.8 Å². The number of ether oxygens (including phenoxy) is 1. The maximum atomic E-state index is 13.9. The van der Waals surface area contributed by atoms with Gasteiger partial charge < -0.3 is 20.3 Å². The van der Waals surface area contributed by atoms with Crippen LogP contribution in [-0.4, -0.2) is 72.7 Å². The van der Waals surface area contributed by atoms with Gasteiger partial charge in [-0.1, -0.05) is 38.3 Å². The van der Waals surface area contributed by atoms with Crippen LogP contribution in [0.3, 0.4) is 0 Å². The van der Waals surface area contributed by atoms with Gasteiger partial charge >= 0.3 is 6.09 Å². The summed E-state index contributed by atoms with van der Waals surface area (Å²) >= 11 is 0. The predicted molar refractivity (Wildman–Crippen MR) is 151 cm³/mol. The maximum Gasteiger partial charge on any atom is 0.408 e. The highest BCUT2D eigenvalue weighted by molar-refractivity contribution is 7.91. The van der Waals surface area contributed by atoms with Crippen molar-refractivity contribution in [2.45, 2.75) is 126 Å². The van der Waals surface area contributed by atoms with Gasteiger partial charge in [0.25, 0.3) is 5.91 Å². The predicted octanol–water partition coefficient (Wildman–Crippen LogP) is 2.65. The molecule has 0 aromatic heterocycles. The second-order valence-electron chi connectivity index (χ2n) is 12.5. The first-order valence-corrected chi connectivity index (χ1v) is 17.0. The number of nitrogens with one attached hydrogen (secondary N) is 3. The van der Waals surface area contributed by atoms with E-state index in [1.807, 2.05) is 19.1 Å². The third-order valence-electron chi connectivity index (χ3n) is 9.41. The number of amides is 4. The molecule has 11 nitrogen and oxygen atoms in total. The van der Waals surface area contributed by atoms with Crippen LogP contribution in [0, 0.1) is 11.8 Å². The Kier molecular flexibility index (Phi) is 8.96. The Labute approximate surface area is 242 Å². The highest BCUT2D eigenvalue weighted by Crippen LogP contribution is 2.46. The molecule has 5 atom stereocenters. The molecule has 4 fully saturated rings. The summed E-state index contributed by atoms with van der Waals surface area (Å²) in [6, 6.07) is -1.63. The van der Waals surface area contributed by atoms with Crippen LogP contribution in [0.15, 0.2) is 12.2 Å². The highest BCUT2D eigenvalue weighted by Gasteiger charge is 2.62. The van der Waals surface area contributed by atoms with E-state index >= 15 is 0 Å². The molecule has 3 N–H and O–H groups in total. The summed E-state index contributed by atoms with van der Waals surface area (Å²) in [5.74, 6) is -1.73. The molecule has 0 aromatic carbocycles. The fraction of sp³-hybridized carbons (Fsp3) is 0.793. The second-order valence-corrected chi connectivity index (χ2v) is 14.5. The van der Waals surface area contributed by atoms with Gasteiger partial charge in [-0.25, -0.2) is 13.2 Å². The zero-order valence-corrected chi connectivity index (χ0v) is 24.8. The van der Waals surface area contributed by atoms with E-state index in [2.05, 4.69) is 15.4 Å². The minimum Gasteiger partial charge on any atom is -0.446 e. The molecule has 5 rings (SSSR count). The van der Waals surface area contributed by atoms with Crippen molar-refractivity contribution in [2.75, 3.05) is 6.54 Å². The fourth-order valence-corrected chi connectivity index (χ4v) is 7.88. The number of allylic oxidation sites excluding steroid dienone is 1. The van der Waals surface area contributed by atoms with Crippen LogP contribution < -0.4 is 15.4 Å². The van der Waals surface area contributed by atoms with Crippen molar-refractivity contribution in [3.63, 3.8) is 0 Å². The van der Waals surface area contributed by atoms with Crippen molar-refractivity contribution < 1.29 is 32.3 Å². The minimum absolute atomic E-state index is 0.0922. The number of hydrogen-bond acceptors (Lipinski definition) is 7. The van der Waals surface area contributed by atoms with Gasteiger partial charge in [-0.05, 0) is 76.5 Å².